The van der Waals surface area contributed by atoms with Crippen LogP contribution in [0.3, 0.4) is 0 Å². The normalized spacial score (nSPS) is 14.9. The molecule has 1 fully saturated rings. The average Bonchev–Trinajstić information content (AvgIpc) is 3.00. The van der Waals surface area contributed by atoms with E-state index in [0.717, 1.165) is 30.4 Å². The third-order valence-electron chi connectivity index (χ3n) is 3.29. The van der Waals surface area contributed by atoms with Crippen LogP contribution in [-0.4, -0.2) is 51.8 Å². The summed E-state index contributed by atoms with van der Waals surface area (Å²) in [5.74, 6) is 1.23. The van der Waals surface area contributed by atoms with Gasteiger partial charge in [0.1, 0.15) is 16.5 Å². The van der Waals surface area contributed by atoms with Crippen LogP contribution in [0.25, 0.3) is 0 Å². The number of aromatic nitrogens is 4. The Balaban J connectivity index is 1.63. The molecule has 0 atom stereocenters. The first-order valence-corrected chi connectivity index (χ1v) is 7.73. The number of hydrogen-bond acceptors (Lipinski definition) is 8. The van der Waals surface area contributed by atoms with Crippen LogP contribution in [0.2, 0.25) is 0 Å². The smallest absolute Gasteiger partial charge is 0.265 e. The molecule has 9 heteroatoms. The van der Waals surface area contributed by atoms with Crippen LogP contribution in [0.1, 0.15) is 21.2 Å². The van der Waals surface area contributed by atoms with Crippen molar-refractivity contribution in [1.82, 2.24) is 24.9 Å². The van der Waals surface area contributed by atoms with Crippen molar-refractivity contribution in [2.45, 2.75) is 13.5 Å². The molecule has 0 radical (unpaired) electrons. The minimum atomic E-state index is -0.201. The Morgan fingerprint density at radius 1 is 1.45 bits per heavy atom. The number of rotatable bonds is 4. The lowest BCUT2D eigenvalue weighted by Gasteiger charge is -2.27. The molecule has 2 aromatic rings. The van der Waals surface area contributed by atoms with Gasteiger partial charge in [-0.15, -0.1) is 5.10 Å². The highest BCUT2D eigenvalue weighted by molar-refractivity contribution is 7.07. The summed E-state index contributed by atoms with van der Waals surface area (Å²) in [6, 6.07) is 1.87. The van der Waals surface area contributed by atoms with Gasteiger partial charge in [-0.3, -0.25) is 4.79 Å². The Kier molecular flexibility index (Phi) is 4.54. The van der Waals surface area contributed by atoms with Gasteiger partial charge in [0, 0.05) is 19.3 Å². The van der Waals surface area contributed by atoms with E-state index in [1.807, 2.05) is 6.07 Å². The van der Waals surface area contributed by atoms with Gasteiger partial charge in [-0.2, -0.15) is 0 Å². The third-order valence-corrected chi connectivity index (χ3v) is 4.12. The molecule has 1 aliphatic heterocycles. The molecule has 1 saturated heterocycles. The van der Waals surface area contributed by atoms with E-state index in [1.165, 1.54) is 0 Å². The van der Waals surface area contributed by atoms with Crippen molar-refractivity contribution >= 4 is 23.3 Å². The van der Waals surface area contributed by atoms with Gasteiger partial charge in [-0.1, -0.05) is 4.49 Å². The number of carbonyl (C=O) groups is 1. The van der Waals surface area contributed by atoms with Crippen LogP contribution < -0.4 is 10.2 Å². The first-order valence-electron chi connectivity index (χ1n) is 6.96. The van der Waals surface area contributed by atoms with Crippen molar-refractivity contribution in [1.29, 1.82) is 0 Å². The van der Waals surface area contributed by atoms with E-state index in [4.69, 9.17) is 4.74 Å². The van der Waals surface area contributed by atoms with E-state index in [-0.39, 0.29) is 12.5 Å². The Labute approximate surface area is 131 Å². The zero-order chi connectivity index (χ0) is 15.4. The standard InChI is InChI=1S/C13H16N6O2S/c1-9-12(22-18-17-9)13(20)15-8-10-14-3-2-11(16-10)19-4-6-21-7-5-19/h2-3H,4-8H2,1H3,(H,15,20). The van der Waals surface area contributed by atoms with E-state index in [0.29, 0.717) is 29.6 Å². The molecule has 116 valence electrons. The minimum absolute atomic E-state index is 0.201. The number of ether oxygens (including phenoxy) is 1. The quantitative estimate of drug-likeness (QED) is 0.871. The van der Waals surface area contributed by atoms with Gasteiger partial charge in [0.05, 0.1) is 25.5 Å². The molecule has 1 amide bonds. The Morgan fingerprint density at radius 3 is 3.00 bits per heavy atom. The lowest BCUT2D eigenvalue weighted by Crippen LogP contribution is -2.37. The van der Waals surface area contributed by atoms with E-state index in [1.54, 1.807) is 13.1 Å². The summed E-state index contributed by atoms with van der Waals surface area (Å²) in [5.41, 5.74) is 0.630. The SMILES string of the molecule is Cc1nnsc1C(=O)NCc1nccc(N2CCOCC2)n1. The fourth-order valence-electron chi connectivity index (χ4n) is 2.12. The highest BCUT2D eigenvalue weighted by Crippen LogP contribution is 2.12. The molecule has 22 heavy (non-hydrogen) atoms. The number of nitrogens with one attached hydrogen (secondary N) is 1. The maximum atomic E-state index is 12.0. The van der Waals surface area contributed by atoms with E-state index in [9.17, 15) is 4.79 Å². The summed E-state index contributed by atoms with van der Waals surface area (Å²) in [6.07, 6.45) is 1.71. The second-order valence-electron chi connectivity index (χ2n) is 4.80. The topological polar surface area (TPSA) is 93.1 Å². The second-order valence-corrected chi connectivity index (χ2v) is 5.55. The van der Waals surface area contributed by atoms with E-state index in [2.05, 4.69) is 29.8 Å². The van der Waals surface area contributed by atoms with Crippen LogP contribution >= 0.6 is 11.5 Å². The van der Waals surface area contributed by atoms with E-state index >= 15 is 0 Å². The highest BCUT2D eigenvalue weighted by Gasteiger charge is 2.15. The van der Waals surface area contributed by atoms with Gasteiger partial charge in [0.2, 0.25) is 0 Å². The second kappa shape index (κ2) is 6.75. The highest BCUT2D eigenvalue weighted by atomic mass is 32.1. The molecule has 0 saturated carbocycles. The van der Waals surface area contributed by atoms with Crippen molar-refractivity contribution in [3.8, 4) is 0 Å². The van der Waals surface area contributed by atoms with Crippen LogP contribution in [-0.2, 0) is 11.3 Å². The molecule has 0 bridgehead atoms. The first-order chi connectivity index (χ1) is 10.7. The van der Waals surface area contributed by atoms with Crippen molar-refractivity contribution < 1.29 is 9.53 Å². The number of anilines is 1. The summed E-state index contributed by atoms with van der Waals surface area (Å²) in [4.78, 5) is 23.4. The predicted octanol–water partition coefficient (Wildman–Crippen LogP) is 0.403. The fraction of sp³-hybridized carbons (Fsp3) is 0.462. The summed E-state index contributed by atoms with van der Waals surface area (Å²) in [6.45, 7) is 5.06. The maximum absolute atomic E-state index is 12.0. The summed E-state index contributed by atoms with van der Waals surface area (Å²) in [5, 5.41) is 6.62. The maximum Gasteiger partial charge on any atom is 0.265 e. The lowest BCUT2D eigenvalue weighted by molar-refractivity contribution is 0.0953. The number of amides is 1. The van der Waals surface area contributed by atoms with Gasteiger partial charge in [-0.05, 0) is 24.5 Å². The zero-order valence-corrected chi connectivity index (χ0v) is 13.0. The zero-order valence-electron chi connectivity index (χ0n) is 12.2. The molecule has 3 rings (SSSR count). The summed E-state index contributed by atoms with van der Waals surface area (Å²) in [7, 11) is 0. The molecule has 0 aromatic carbocycles. The van der Waals surface area contributed by atoms with Crippen LogP contribution in [0, 0.1) is 6.92 Å². The molecule has 8 nitrogen and oxygen atoms in total. The Morgan fingerprint density at radius 2 is 2.27 bits per heavy atom. The fourth-order valence-corrected chi connectivity index (χ4v) is 2.69. The van der Waals surface area contributed by atoms with Crippen molar-refractivity contribution in [2.75, 3.05) is 31.2 Å². The molecule has 0 unspecified atom stereocenters. The Bertz CT molecular complexity index is 655. The number of nitrogens with zero attached hydrogens (tertiary/aromatic N) is 5. The summed E-state index contributed by atoms with van der Waals surface area (Å²) >= 11 is 1.08. The third kappa shape index (κ3) is 3.37. The number of carbonyl (C=O) groups excluding carboxylic acids is 1. The van der Waals surface area contributed by atoms with Crippen molar-refractivity contribution in [2.24, 2.45) is 0 Å². The lowest BCUT2D eigenvalue weighted by atomic mass is 10.3. The average molecular weight is 320 g/mol. The number of aryl methyl sites for hydroxylation is 1. The van der Waals surface area contributed by atoms with Gasteiger partial charge in [-0.25, -0.2) is 9.97 Å². The van der Waals surface area contributed by atoms with Crippen LogP contribution in [0.5, 0.6) is 0 Å². The van der Waals surface area contributed by atoms with Gasteiger partial charge < -0.3 is 15.0 Å². The molecule has 1 aliphatic rings. The van der Waals surface area contributed by atoms with Crippen molar-refractivity contribution in [3.63, 3.8) is 0 Å². The number of hydrogen-bond donors (Lipinski definition) is 1. The molecule has 3 heterocycles. The van der Waals surface area contributed by atoms with Gasteiger partial charge in [0.25, 0.3) is 5.91 Å². The van der Waals surface area contributed by atoms with Gasteiger partial charge in [0.15, 0.2) is 0 Å². The predicted molar refractivity (Wildman–Crippen MR) is 80.9 cm³/mol. The molecular formula is C13H16N6O2S. The van der Waals surface area contributed by atoms with Crippen LogP contribution in [0.4, 0.5) is 5.82 Å². The minimum Gasteiger partial charge on any atom is -0.378 e. The number of morpholine rings is 1. The largest absolute Gasteiger partial charge is 0.378 e. The molecule has 0 aliphatic carbocycles. The molecule has 2 aromatic heterocycles. The first kappa shape index (κ1) is 14.8. The van der Waals surface area contributed by atoms with Gasteiger partial charge >= 0.3 is 0 Å². The van der Waals surface area contributed by atoms with Crippen molar-refractivity contribution in [3.05, 3.63) is 28.7 Å². The molecule has 0 spiro atoms. The van der Waals surface area contributed by atoms with E-state index < -0.39 is 0 Å². The Hall–Kier alpha value is -2.13. The monoisotopic (exact) mass is 320 g/mol. The summed E-state index contributed by atoms with van der Waals surface area (Å²) < 4.78 is 9.08. The van der Waals surface area contributed by atoms with Crippen LogP contribution in [0.15, 0.2) is 12.3 Å². The molecular weight excluding hydrogens is 304 g/mol. The molecule has 1 N–H and O–H groups in total.